The maximum Gasteiger partial charge on any atom is 0.225 e. The van der Waals surface area contributed by atoms with Gasteiger partial charge in [-0.1, -0.05) is 35.9 Å². The third-order valence-corrected chi connectivity index (χ3v) is 5.52. The van der Waals surface area contributed by atoms with E-state index in [1.54, 1.807) is 11.3 Å². The van der Waals surface area contributed by atoms with Crippen LogP contribution in [0, 0.1) is 0 Å². The lowest BCUT2D eigenvalue weighted by atomic mass is 9.91. The molecule has 1 aliphatic heterocycles. The first-order chi connectivity index (χ1) is 12.2. The highest BCUT2D eigenvalue weighted by Gasteiger charge is 2.27. The number of hydrogen-bond donors (Lipinski definition) is 1. The summed E-state index contributed by atoms with van der Waals surface area (Å²) < 4.78 is 5.83. The number of nitrogens with one attached hydrogen (secondary N) is 1. The Kier molecular flexibility index (Phi) is 4.47. The lowest BCUT2D eigenvalue weighted by Crippen LogP contribution is -2.21. The quantitative estimate of drug-likeness (QED) is 0.663. The first kappa shape index (κ1) is 16.2. The predicted octanol–water partition coefficient (Wildman–Crippen LogP) is 5.45. The lowest BCUT2D eigenvalue weighted by Gasteiger charge is -2.23. The van der Waals surface area contributed by atoms with Crippen molar-refractivity contribution in [3.8, 4) is 5.75 Å². The molecule has 1 aromatic heterocycles. The summed E-state index contributed by atoms with van der Waals surface area (Å²) in [7, 11) is 0. The van der Waals surface area contributed by atoms with Gasteiger partial charge in [0, 0.05) is 22.2 Å². The van der Waals surface area contributed by atoms with Crippen molar-refractivity contribution in [2.45, 2.75) is 18.9 Å². The van der Waals surface area contributed by atoms with Crippen LogP contribution in [0.15, 0.2) is 60.0 Å². The van der Waals surface area contributed by atoms with Gasteiger partial charge in [0.2, 0.25) is 5.91 Å². The third kappa shape index (κ3) is 3.55. The molecule has 126 valence electrons. The highest BCUT2D eigenvalue weighted by Crippen LogP contribution is 2.40. The second-order valence-corrected chi connectivity index (χ2v) is 7.38. The Balaban J connectivity index is 1.48. The van der Waals surface area contributed by atoms with E-state index in [1.807, 2.05) is 60.0 Å². The second kappa shape index (κ2) is 6.90. The maximum atomic E-state index is 11.9. The molecule has 0 aliphatic carbocycles. The van der Waals surface area contributed by atoms with Gasteiger partial charge in [-0.05, 0) is 46.8 Å². The van der Waals surface area contributed by atoms with Gasteiger partial charge in [0.1, 0.15) is 12.4 Å². The van der Waals surface area contributed by atoms with E-state index in [1.165, 1.54) is 4.88 Å². The van der Waals surface area contributed by atoms with E-state index in [-0.39, 0.29) is 11.8 Å². The zero-order chi connectivity index (χ0) is 17.2. The van der Waals surface area contributed by atoms with Crippen LogP contribution in [0.2, 0.25) is 5.02 Å². The molecule has 25 heavy (non-hydrogen) atoms. The summed E-state index contributed by atoms with van der Waals surface area (Å²) in [6.07, 6.45) is 0.482. The fraction of sp³-hybridized carbons (Fsp3) is 0.150. The Morgan fingerprint density at radius 2 is 2.00 bits per heavy atom. The summed E-state index contributed by atoms with van der Waals surface area (Å²) in [6, 6.07) is 17.6. The Labute approximate surface area is 155 Å². The molecule has 1 atom stereocenters. The first-order valence-electron chi connectivity index (χ1n) is 8.03. The van der Waals surface area contributed by atoms with E-state index in [0.29, 0.717) is 18.1 Å². The van der Waals surface area contributed by atoms with Crippen LogP contribution in [0.4, 0.5) is 5.69 Å². The molecule has 0 unspecified atom stereocenters. The van der Waals surface area contributed by atoms with Crippen LogP contribution in [-0.4, -0.2) is 5.91 Å². The van der Waals surface area contributed by atoms with Crippen LogP contribution in [-0.2, 0) is 11.4 Å². The normalized spacial score (nSPS) is 16.2. The second-order valence-electron chi connectivity index (χ2n) is 5.99. The molecule has 1 amide bonds. The van der Waals surface area contributed by atoms with Crippen molar-refractivity contribution in [1.29, 1.82) is 0 Å². The van der Waals surface area contributed by atoms with Crippen molar-refractivity contribution in [3.05, 3.63) is 81.0 Å². The minimum atomic E-state index is 0.0668. The Hall–Kier alpha value is -2.30. The van der Waals surface area contributed by atoms with E-state index < -0.39 is 0 Å². The topological polar surface area (TPSA) is 38.3 Å². The van der Waals surface area contributed by atoms with Crippen LogP contribution >= 0.6 is 22.9 Å². The number of carbonyl (C=O) groups excluding carboxylic acids is 1. The molecule has 1 N–H and O–H groups in total. The van der Waals surface area contributed by atoms with Crippen LogP contribution in [0.25, 0.3) is 0 Å². The number of anilines is 1. The zero-order valence-corrected chi connectivity index (χ0v) is 14.9. The summed E-state index contributed by atoms with van der Waals surface area (Å²) in [4.78, 5) is 13.1. The highest BCUT2D eigenvalue weighted by atomic mass is 35.5. The van der Waals surface area contributed by atoms with Crippen molar-refractivity contribution < 1.29 is 9.53 Å². The van der Waals surface area contributed by atoms with Crippen LogP contribution in [0.3, 0.4) is 0 Å². The minimum absolute atomic E-state index is 0.0668. The number of benzene rings is 2. The van der Waals surface area contributed by atoms with Gasteiger partial charge < -0.3 is 10.1 Å². The van der Waals surface area contributed by atoms with E-state index in [0.717, 1.165) is 22.6 Å². The van der Waals surface area contributed by atoms with Crippen molar-refractivity contribution in [2.75, 3.05) is 5.32 Å². The molecule has 0 spiro atoms. The van der Waals surface area contributed by atoms with Gasteiger partial charge in [-0.3, -0.25) is 4.79 Å². The Bertz CT molecular complexity index is 904. The van der Waals surface area contributed by atoms with Crippen LogP contribution in [0.1, 0.15) is 28.3 Å². The molecule has 0 saturated heterocycles. The van der Waals surface area contributed by atoms with E-state index >= 15 is 0 Å². The molecule has 0 saturated carbocycles. The number of hydrogen-bond acceptors (Lipinski definition) is 3. The highest BCUT2D eigenvalue weighted by molar-refractivity contribution is 7.10. The average molecular weight is 370 g/mol. The largest absolute Gasteiger partial charge is 0.489 e. The molecule has 2 aromatic carbocycles. The molecule has 0 fully saturated rings. The van der Waals surface area contributed by atoms with Crippen molar-refractivity contribution in [3.63, 3.8) is 0 Å². The summed E-state index contributed by atoms with van der Waals surface area (Å²) in [6.45, 7) is 0.473. The molecule has 4 rings (SSSR count). The standard InChI is InChI=1S/C20H16ClNO2S/c21-15-3-1-2-13(10-15)12-24-16-6-4-14(5-7-16)17-11-19(23)22-18-8-9-25-20(17)18/h1-10,17H,11-12H2,(H,22,23)/t17-/m1/s1. The minimum Gasteiger partial charge on any atom is -0.489 e. The number of thiophene rings is 1. The predicted molar refractivity (Wildman–Crippen MR) is 102 cm³/mol. The molecule has 3 nitrogen and oxygen atoms in total. The van der Waals surface area contributed by atoms with E-state index in [9.17, 15) is 4.79 Å². The number of halogens is 1. The lowest BCUT2D eigenvalue weighted by molar-refractivity contribution is -0.116. The molecule has 5 heteroatoms. The first-order valence-corrected chi connectivity index (χ1v) is 9.29. The van der Waals surface area contributed by atoms with Gasteiger partial charge in [-0.15, -0.1) is 11.3 Å². The van der Waals surface area contributed by atoms with Crippen molar-refractivity contribution in [2.24, 2.45) is 0 Å². The van der Waals surface area contributed by atoms with Gasteiger partial charge in [-0.2, -0.15) is 0 Å². The van der Waals surface area contributed by atoms with Crippen LogP contribution < -0.4 is 10.1 Å². The smallest absolute Gasteiger partial charge is 0.225 e. The number of ether oxygens (including phenoxy) is 1. The fourth-order valence-corrected chi connectivity index (χ4v) is 4.23. The van der Waals surface area contributed by atoms with Crippen molar-refractivity contribution >= 4 is 34.5 Å². The molecule has 0 radical (unpaired) electrons. The monoisotopic (exact) mass is 369 g/mol. The summed E-state index contributed by atoms with van der Waals surface area (Å²) in [5.41, 5.74) is 3.10. The van der Waals surface area contributed by atoms with Gasteiger partial charge in [-0.25, -0.2) is 0 Å². The van der Waals surface area contributed by atoms with E-state index in [4.69, 9.17) is 16.3 Å². The number of amides is 1. The van der Waals surface area contributed by atoms with Gasteiger partial charge in [0.15, 0.2) is 0 Å². The summed E-state index contributed by atoms with van der Waals surface area (Å²) in [5, 5.41) is 5.66. The number of fused-ring (bicyclic) bond motifs is 1. The molecule has 2 heterocycles. The average Bonchev–Trinajstić information content (AvgIpc) is 3.08. The Morgan fingerprint density at radius 1 is 1.16 bits per heavy atom. The fourth-order valence-electron chi connectivity index (χ4n) is 3.03. The third-order valence-electron chi connectivity index (χ3n) is 4.25. The van der Waals surface area contributed by atoms with E-state index in [2.05, 4.69) is 5.32 Å². The Morgan fingerprint density at radius 3 is 2.80 bits per heavy atom. The number of rotatable bonds is 4. The number of carbonyl (C=O) groups is 1. The SMILES string of the molecule is O=C1C[C@H](c2ccc(OCc3cccc(Cl)c3)cc2)c2sccc2N1. The van der Waals surface area contributed by atoms with Gasteiger partial charge >= 0.3 is 0 Å². The molecular weight excluding hydrogens is 354 g/mol. The molecular formula is C20H16ClNO2S. The maximum absolute atomic E-state index is 11.9. The molecule has 1 aliphatic rings. The van der Waals surface area contributed by atoms with Crippen molar-refractivity contribution in [1.82, 2.24) is 0 Å². The summed E-state index contributed by atoms with van der Waals surface area (Å²) >= 11 is 7.67. The van der Waals surface area contributed by atoms with Gasteiger partial charge in [0.25, 0.3) is 0 Å². The zero-order valence-electron chi connectivity index (χ0n) is 13.4. The van der Waals surface area contributed by atoms with Crippen LogP contribution in [0.5, 0.6) is 5.75 Å². The molecule has 3 aromatic rings. The summed E-state index contributed by atoms with van der Waals surface area (Å²) in [5.74, 6) is 0.985. The van der Waals surface area contributed by atoms with Gasteiger partial charge in [0.05, 0.1) is 5.69 Å². The molecule has 0 bridgehead atoms.